The van der Waals surface area contributed by atoms with Gasteiger partial charge in [0, 0.05) is 18.0 Å². The maximum atomic E-state index is 12.4. The Balaban J connectivity index is 1.60. The molecule has 0 aliphatic carbocycles. The Morgan fingerprint density at radius 1 is 1.19 bits per heavy atom. The molecular weight excluding hydrogens is 373 g/mol. The lowest BCUT2D eigenvalue weighted by atomic mass is 10.1. The average molecular weight is 392 g/mol. The van der Waals surface area contributed by atoms with Gasteiger partial charge < -0.3 is 15.5 Å². The molecule has 2 atom stereocenters. The van der Waals surface area contributed by atoms with Crippen molar-refractivity contribution >= 4 is 40.8 Å². The fraction of sp³-hybridized carbons (Fsp3) is 0.263. The largest absolute Gasteiger partial charge is 0.334 e. The third kappa shape index (κ3) is 4.29. The van der Waals surface area contributed by atoms with Crippen LogP contribution in [0.3, 0.4) is 0 Å². The first kappa shape index (κ1) is 18.5. The van der Waals surface area contributed by atoms with Crippen LogP contribution in [-0.2, 0) is 4.79 Å². The van der Waals surface area contributed by atoms with E-state index >= 15 is 0 Å². The van der Waals surface area contributed by atoms with E-state index in [2.05, 4.69) is 10.6 Å². The van der Waals surface area contributed by atoms with E-state index in [1.807, 2.05) is 37.3 Å². The lowest BCUT2D eigenvalue weighted by molar-refractivity contribution is -0.129. The Labute approximate surface area is 162 Å². The summed E-state index contributed by atoms with van der Waals surface area (Å²) in [6, 6.07) is 13.9. The van der Waals surface area contributed by atoms with Crippen molar-refractivity contribution in [2.45, 2.75) is 25.4 Å². The molecule has 7 heteroatoms. The van der Waals surface area contributed by atoms with Crippen LogP contribution >= 0.6 is 23.2 Å². The van der Waals surface area contributed by atoms with Gasteiger partial charge in [0.1, 0.15) is 0 Å². The van der Waals surface area contributed by atoms with Crippen LogP contribution in [0.1, 0.15) is 24.9 Å². The van der Waals surface area contributed by atoms with Gasteiger partial charge in [-0.1, -0.05) is 53.5 Å². The highest BCUT2D eigenvalue weighted by Gasteiger charge is 2.34. The molecule has 0 bridgehead atoms. The molecule has 2 aromatic carbocycles. The molecular formula is C19H19Cl2N3O2. The number of carbonyl (C=O) groups is 2. The number of likely N-dealkylation sites (tertiary alicyclic amines) is 1. The van der Waals surface area contributed by atoms with Crippen LogP contribution in [0.4, 0.5) is 10.5 Å². The SMILES string of the molecule is CC(c1ccccc1)N1CC(NC(=O)Nc2cc(Cl)ccc2Cl)CC1=O. The minimum atomic E-state index is -0.416. The molecule has 3 amide bonds. The van der Waals surface area contributed by atoms with Gasteiger partial charge in [-0.2, -0.15) is 0 Å². The molecule has 2 unspecified atom stereocenters. The highest BCUT2D eigenvalue weighted by Crippen LogP contribution is 2.27. The van der Waals surface area contributed by atoms with Crippen LogP contribution in [-0.4, -0.2) is 29.4 Å². The monoisotopic (exact) mass is 391 g/mol. The summed E-state index contributed by atoms with van der Waals surface area (Å²) in [5, 5.41) is 6.37. The average Bonchev–Trinajstić information content (AvgIpc) is 2.98. The van der Waals surface area contributed by atoms with Crippen LogP contribution in [0.5, 0.6) is 0 Å². The van der Waals surface area contributed by atoms with Gasteiger partial charge in [-0.05, 0) is 30.7 Å². The molecule has 5 nitrogen and oxygen atoms in total. The molecule has 1 saturated heterocycles. The maximum Gasteiger partial charge on any atom is 0.319 e. The Morgan fingerprint density at radius 2 is 1.92 bits per heavy atom. The van der Waals surface area contributed by atoms with Crippen molar-refractivity contribution in [3.8, 4) is 0 Å². The summed E-state index contributed by atoms with van der Waals surface area (Å²) in [6.07, 6.45) is 0.272. The van der Waals surface area contributed by atoms with Crippen LogP contribution in [0.2, 0.25) is 10.0 Å². The molecule has 1 fully saturated rings. The van der Waals surface area contributed by atoms with Crippen LogP contribution in [0.25, 0.3) is 0 Å². The van der Waals surface area contributed by atoms with Crippen LogP contribution in [0.15, 0.2) is 48.5 Å². The topological polar surface area (TPSA) is 61.4 Å². The van der Waals surface area contributed by atoms with E-state index in [0.29, 0.717) is 22.3 Å². The molecule has 1 aliphatic heterocycles. The second-order valence-corrected chi connectivity index (χ2v) is 7.10. The van der Waals surface area contributed by atoms with E-state index < -0.39 is 6.03 Å². The van der Waals surface area contributed by atoms with E-state index in [9.17, 15) is 9.59 Å². The van der Waals surface area contributed by atoms with Gasteiger partial charge >= 0.3 is 6.03 Å². The minimum absolute atomic E-state index is 0.0208. The first-order chi connectivity index (χ1) is 12.4. The summed E-state index contributed by atoms with van der Waals surface area (Å²) in [4.78, 5) is 26.4. The number of benzene rings is 2. The molecule has 2 N–H and O–H groups in total. The fourth-order valence-corrected chi connectivity index (χ4v) is 3.39. The predicted octanol–water partition coefficient (Wildman–Crippen LogP) is 4.48. The van der Waals surface area contributed by atoms with Crippen LogP contribution < -0.4 is 10.6 Å². The van der Waals surface area contributed by atoms with Crippen molar-refractivity contribution < 1.29 is 9.59 Å². The number of hydrogen-bond donors (Lipinski definition) is 2. The Morgan fingerprint density at radius 3 is 2.65 bits per heavy atom. The second-order valence-electron chi connectivity index (χ2n) is 6.26. The standard InChI is InChI=1S/C19H19Cl2N3O2/c1-12(13-5-3-2-4-6-13)24-11-15(10-18(24)25)22-19(26)23-17-9-14(20)7-8-16(17)21/h2-9,12,15H,10-11H2,1H3,(H2,22,23,26). The molecule has 0 radical (unpaired) electrons. The van der Waals surface area contributed by atoms with E-state index in [4.69, 9.17) is 23.2 Å². The van der Waals surface area contributed by atoms with Gasteiger partial charge in [-0.15, -0.1) is 0 Å². The number of nitrogens with zero attached hydrogens (tertiary/aromatic N) is 1. The number of carbonyl (C=O) groups excluding carboxylic acids is 2. The number of amides is 3. The second kappa shape index (κ2) is 7.98. The summed E-state index contributed by atoms with van der Waals surface area (Å²) in [7, 11) is 0. The van der Waals surface area contributed by atoms with Gasteiger partial charge in [0.05, 0.1) is 22.8 Å². The first-order valence-electron chi connectivity index (χ1n) is 8.31. The molecule has 136 valence electrons. The molecule has 26 heavy (non-hydrogen) atoms. The highest BCUT2D eigenvalue weighted by atomic mass is 35.5. The zero-order valence-electron chi connectivity index (χ0n) is 14.2. The van der Waals surface area contributed by atoms with Crippen molar-refractivity contribution in [1.29, 1.82) is 0 Å². The van der Waals surface area contributed by atoms with E-state index in [-0.39, 0.29) is 24.4 Å². The Bertz CT molecular complexity index is 814. The summed E-state index contributed by atoms with van der Waals surface area (Å²) in [5.41, 5.74) is 1.49. The lowest BCUT2D eigenvalue weighted by Crippen LogP contribution is -2.40. The van der Waals surface area contributed by atoms with Gasteiger partial charge in [0.2, 0.25) is 5.91 Å². The highest BCUT2D eigenvalue weighted by molar-refractivity contribution is 6.35. The minimum Gasteiger partial charge on any atom is -0.334 e. The summed E-state index contributed by atoms with van der Waals surface area (Å²) >= 11 is 12.0. The van der Waals surface area contributed by atoms with Gasteiger partial charge in [0.25, 0.3) is 0 Å². The molecule has 2 aromatic rings. The zero-order chi connectivity index (χ0) is 18.7. The van der Waals surface area contributed by atoms with Crippen molar-refractivity contribution in [2.24, 2.45) is 0 Å². The first-order valence-corrected chi connectivity index (χ1v) is 9.06. The van der Waals surface area contributed by atoms with Gasteiger partial charge in [-0.3, -0.25) is 4.79 Å². The smallest absolute Gasteiger partial charge is 0.319 e. The molecule has 1 aliphatic rings. The van der Waals surface area contributed by atoms with Gasteiger partial charge in [0.15, 0.2) is 0 Å². The fourth-order valence-electron chi connectivity index (χ4n) is 3.05. The number of anilines is 1. The maximum absolute atomic E-state index is 12.4. The van der Waals surface area contributed by atoms with E-state index in [0.717, 1.165) is 5.56 Å². The molecule has 0 spiro atoms. The van der Waals surface area contributed by atoms with Gasteiger partial charge in [-0.25, -0.2) is 4.79 Å². The third-order valence-corrected chi connectivity index (χ3v) is 4.98. The van der Waals surface area contributed by atoms with Crippen molar-refractivity contribution in [3.63, 3.8) is 0 Å². The lowest BCUT2D eigenvalue weighted by Gasteiger charge is -2.25. The van der Waals surface area contributed by atoms with Crippen molar-refractivity contribution in [1.82, 2.24) is 10.2 Å². The Kier molecular flexibility index (Phi) is 5.69. The summed E-state index contributed by atoms with van der Waals surface area (Å²) < 4.78 is 0. The zero-order valence-corrected chi connectivity index (χ0v) is 15.7. The quantitative estimate of drug-likeness (QED) is 0.806. The molecule has 3 rings (SSSR count). The molecule has 0 saturated carbocycles. The Hall–Kier alpha value is -2.24. The van der Waals surface area contributed by atoms with E-state index in [1.165, 1.54) is 0 Å². The van der Waals surface area contributed by atoms with E-state index in [1.54, 1.807) is 23.1 Å². The number of rotatable bonds is 4. The number of hydrogen-bond acceptors (Lipinski definition) is 2. The molecule has 0 aromatic heterocycles. The number of halogens is 2. The third-order valence-electron chi connectivity index (χ3n) is 4.42. The molecule has 1 heterocycles. The predicted molar refractivity (Wildman–Crippen MR) is 104 cm³/mol. The van der Waals surface area contributed by atoms with Crippen LogP contribution in [0, 0.1) is 0 Å². The van der Waals surface area contributed by atoms with Crippen molar-refractivity contribution in [3.05, 3.63) is 64.1 Å². The summed E-state index contributed by atoms with van der Waals surface area (Å²) in [5.74, 6) is 0.0208. The van der Waals surface area contributed by atoms with Crippen molar-refractivity contribution in [2.75, 3.05) is 11.9 Å². The summed E-state index contributed by atoms with van der Waals surface area (Å²) in [6.45, 7) is 2.45. The normalized spacial score (nSPS) is 17.9. The number of nitrogens with one attached hydrogen (secondary N) is 2. The number of urea groups is 1.